The molecule has 1 N–H and O–H groups in total. The maximum absolute atomic E-state index is 13.2. The highest BCUT2D eigenvalue weighted by Gasteiger charge is 2.27. The molecule has 4 rings (SSSR count). The lowest BCUT2D eigenvalue weighted by Gasteiger charge is -2.19. The van der Waals surface area contributed by atoms with Crippen LogP contribution in [0.1, 0.15) is 27.6 Å². The summed E-state index contributed by atoms with van der Waals surface area (Å²) in [4.78, 5) is 26.0. The summed E-state index contributed by atoms with van der Waals surface area (Å²) in [6.45, 7) is 2.00. The van der Waals surface area contributed by atoms with Crippen molar-refractivity contribution in [1.29, 1.82) is 0 Å². The van der Waals surface area contributed by atoms with Gasteiger partial charge in [-0.3, -0.25) is 4.79 Å². The molecule has 0 fully saturated rings. The fraction of sp³-hybridized carbons (Fsp3) is 0.167. The maximum Gasteiger partial charge on any atom is 0.339 e. The molecule has 0 saturated heterocycles. The van der Waals surface area contributed by atoms with Crippen molar-refractivity contribution in [2.75, 3.05) is 19.2 Å². The van der Waals surface area contributed by atoms with E-state index < -0.39 is 18.0 Å². The quantitative estimate of drug-likeness (QED) is 0.601. The number of hydrogen-bond donors (Lipinski definition) is 1. The van der Waals surface area contributed by atoms with Gasteiger partial charge in [-0.1, -0.05) is 36.4 Å². The van der Waals surface area contributed by atoms with Gasteiger partial charge < -0.3 is 24.3 Å². The highest BCUT2D eigenvalue weighted by atomic mass is 16.7. The second-order valence-electron chi connectivity index (χ2n) is 6.96. The molecule has 31 heavy (non-hydrogen) atoms. The zero-order chi connectivity index (χ0) is 21.8. The van der Waals surface area contributed by atoms with E-state index in [0.717, 1.165) is 5.56 Å². The van der Waals surface area contributed by atoms with E-state index in [0.29, 0.717) is 28.5 Å². The van der Waals surface area contributed by atoms with Gasteiger partial charge >= 0.3 is 5.97 Å². The van der Waals surface area contributed by atoms with Crippen LogP contribution in [0.3, 0.4) is 0 Å². The molecule has 158 valence electrons. The number of carbonyl (C=O) groups is 2. The van der Waals surface area contributed by atoms with Crippen molar-refractivity contribution < 1.29 is 28.5 Å². The third kappa shape index (κ3) is 4.45. The Morgan fingerprint density at radius 2 is 1.74 bits per heavy atom. The van der Waals surface area contributed by atoms with Crippen LogP contribution in [0, 0.1) is 6.92 Å². The number of anilines is 1. The number of carbonyl (C=O) groups excluding carboxylic acids is 2. The summed E-state index contributed by atoms with van der Waals surface area (Å²) in [5, 5.41) is 2.81. The summed E-state index contributed by atoms with van der Waals surface area (Å²) in [6, 6.07) is 19.0. The highest BCUT2D eigenvalue weighted by Crippen LogP contribution is 2.33. The van der Waals surface area contributed by atoms with Gasteiger partial charge in [-0.25, -0.2) is 4.79 Å². The fourth-order valence-corrected chi connectivity index (χ4v) is 3.22. The lowest BCUT2D eigenvalue weighted by molar-refractivity contribution is -0.125. The Bertz CT molecular complexity index is 1110. The van der Waals surface area contributed by atoms with E-state index in [-0.39, 0.29) is 12.4 Å². The van der Waals surface area contributed by atoms with Crippen molar-refractivity contribution in [3.05, 3.63) is 83.4 Å². The number of aryl methyl sites for hydroxylation is 1. The van der Waals surface area contributed by atoms with Crippen LogP contribution in [0.25, 0.3) is 0 Å². The van der Waals surface area contributed by atoms with Gasteiger partial charge in [-0.2, -0.15) is 0 Å². The molecule has 0 bridgehead atoms. The van der Waals surface area contributed by atoms with Gasteiger partial charge in [0.2, 0.25) is 12.9 Å². The zero-order valence-corrected chi connectivity index (χ0v) is 17.1. The number of ether oxygens (including phenoxy) is 4. The number of methoxy groups -OCH3 is 1. The molecule has 1 amide bonds. The predicted molar refractivity (Wildman–Crippen MR) is 114 cm³/mol. The predicted octanol–water partition coefficient (Wildman–Crippen LogP) is 4.27. The minimum absolute atomic E-state index is 0.0984. The number of esters is 1. The smallest absolute Gasteiger partial charge is 0.339 e. The first-order chi connectivity index (χ1) is 15.0. The van der Waals surface area contributed by atoms with Gasteiger partial charge in [0.1, 0.15) is 5.75 Å². The highest BCUT2D eigenvalue weighted by molar-refractivity contribution is 5.99. The lowest BCUT2D eigenvalue weighted by atomic mass is 10.1. The number of rotatable bonds is 6. The molecule has 3 aromatic carbocycles. The SMILES string of the molecule is COc1ccc(C)cc1NC(=O)C(OC(=O)c1ccc2c(c1)OCO2)c1ccccc1. The van der Waals surface area contributed by atoms with Crippen LogP contribution < -0.4 is 19.5 Å². The third-order valence-corrected chi connectivity index (χ3v) is 4.79. The second kappa shape index (κ2) is 8.79. The molecule has 7 nitrogen and oxygen atoms in total. The van der Waals surface area contributed by atoms with Gasteiger partial charge in [0.15, 0.2) is 11.5 Å². The summed E-state index contributed by atoms with van der Waals surface area (Å²) in [7, 11) is 1.52. The van der Waals surface area contributed by atoms with E-state index >= 15 is 0 Å². The average molecular weight is 419 g/mol. The van der Waals surface area contributed by atoms with E-state index in [1.54, 1.807) is 48.5 Å². The van der Waals surface area contributed by atoms with Gasteiger partial charge in [0, 0.05) is 5.56 Å². The Kier molecular flexibility index (Phi) is 5.75. The van der Waals surface area contributed by atoms with Crippen LogP contribution in [0.2, 0.25) is 0 Å². The first-order valence-electron chi connectivity index (χ1n) is 9.66. The molecule has 0 aliphatic carbocycles. The van der Waals surface area contributed by atoms with Crippen LogP contribution in [0.15, 0.2) is 66.7 Å². The molecular formula is C24H21NO6. The first kappa shape index (κ1) is 20.3. The number of benzene rings is 3. The summed E-state index contributed by atoms with van der Waals surface area (Å²) >= 11 is 0. The molecule has 0 aromatic heterocycles. The van der Waals surface area contributed by atoms with Gasteiger partial charge in [0.25, 0.3) is 5.91 Å². The standard InChI is InChI=1S/C24H21NO6/c1-15-8-10-19(28-2)18(12-15)25-23(26)22(16-6-4-3-5-7-16)31-24(27)17-9-11-20-21(13-17)30-14-29-20/h3-13,22H,14H2,1-2H3,(H,25,26). The molecule has 0 radical (unpaired) electrons. The van der Waals surface area contributed by atoms with Crippen molar-refractivity contribution >= 4 is 17.6 Å². The van der Waals surface area contributed by atoms with Crippen molar-refractivity contribution in [1.82, 2.24) is 0 Å². The van der Waals surface area contributed by atoms with Crippen molar-refractivity contribution in [2.45, 2.75) is 13.0 Å². The number of nitrogens with one attached hydrogen (secondary N) is 1. The molecule has 0 saturated carbocycles. The Hall–Kier alpha value is -4.00. The van der Waals surface area contributed by atoms with E-state index in [2.05, 4.69) is 5.32 Å². The van der Waals surface area contributed by atoms with Crippen molar-refractivity contribution in [3.63, 3.8) is 0 Å². The molecular weight excluding hydrogens is 398 g/mol. The average Bonchev–Trinajstić information content (AvgIpc) is 3.26. The normalized spacial score (nSPS) is 12.7. The number of hydrogen-bond acceptors (Lipinski definition) is 6. The summed E-state index contributed by atoms with van der Waals surface area (Å²) in [5.74, 6) is 0.371. The van der Waals surface area contributed by atoms with E-state index in [4.69, 9.17) is 18.9 Å². The molecule has 1 aliphatic rings. The summed E-state index contributed by atoms with van der Waals surface area (Å²) < 4.78 is 21.6. The Labute approximate surface area is 179 Å². The van der Waals surface area contributed by atoms with Gasteiger partial charge in [-0.05, 0) is 42.8 Å². The van der Waals surface area contributed by atoms with Crippen LogP contribution in [0.5, 0.6) is 17.2 Å². The molecule has 7 heteroatoms. The fourth-order valence-electron chi connectivity index (χ4n) is 3.22. The Balaban J connectivity index is 1.60. The number of fused-ring (bicyclic) bond motifs is 1. The largest absolute Gasteiger partial charge is 0.495 e. The third-order valence-electron chi connectivity index (χ3n) is 4.79. The zero-order valence-electron chi connectivity index (χ0n) is 17.1. The molecule has 1 unspecified atom stereocenters. The van der Waals surface area contributed by atoms with E-state index in [1.165, 1.54) is 13.2 Å². The Morgan fingerprint density at radius 3 is 2.52 bits per heavy atom. The van der Waals surface area contributed by atoms with E-state index in [1.807, 2.05) is 19.1 Å². The molecule has 1 heterocycles. The maximum atomic E-state index is 13.2. The monoisotopic (exact) mass is 419 g/mol. The van der Waals surface area contributed by atoms with Gasteiger partial charge in [-0.15, -0.1) is 0 Å². The minimum Gasteiger partial charge on any atom is -0.495 e. The topological polar surface area (TPSA) is 83.1 Å². The number of amides is 1. The first-order valence-corrected chi connectivity index (χ1v) is 9.66. The Morgan fingerprint density at radius 1 is 0.968 bits per heavy atom. The van der Waals surface area contributed by atoms with Crippen LogP contribution in [-0.4, -0.2) is 25.8 Å². The van der Waals surface area contributed by atoms with E-state index in [9.17, 15) is 9.59 Å². The van der Waals surface area contributed by atoms with Crippen LogP contribution in [-0.2, 0) is 9.53 Å². The second-order valence-corrected chi connectivity index (χ2v) is 6.96. The molecule has 1 aliphatic heterocycles. The van der Waals surface area contributed by atoms with Crippen molar-refractivity contribution in [3.8, 4) is 17.2 Å². The summed E-state index contributed by atoms with van der Waals surface area (Å²) in [5.41, 5.74) is 2.24. The van der Waals surface area contributed by atoms with Gasteiger partial charge in [0.05, 0.1) is 18.4 Å². The van der Waals surface area contributed by atoms with Crippen LogP contribution in [0.4, 0.5) is 5.69 Å². The molecule has 0 spiro atoms. The summed E-state index contributed by atoms with van der Waals surface area (Å²) in [6.07, 6.45) is -1.16. The molecule has 3 aromatic rings. The molecule has 1 atom stereocenters. The minimum atomic E-state index is -1.16. The lowest BCUT2D eigenvalue weighted by Crippen LogP contribution is -2.26. The van der Waals surface area contributed by atoms with Crippen LogP contribution >= 0.6 is 0 Å². The van der Waals surface area contributed by atoms with Crippen molar-refractivity contribution in [2.24, 2.45) is 0 Å².